The first kappa shape index (κ1) is 118. The highest BCUT2D eigenvalue weighted by atomic mass is 31.2. The number of anilines is 1. The zero-order chi connectivity index (χ0) is 100. The Labute approximate surface area is 786 Å². The molecule has 4 aliphatic heterocycles. The number of nitrogens with one attached hydrogen (secondary N) is 10. The number of ether oxygens (including phenoxy) is 12. The average Bonchev–Trinajstić information content (AvgIpc) is 0.824. The van der Waals surface area contributed by atoms with Gasteiger partial charge in [-0.3, -0.25) is 62.1 Å². The Morgan fingerprint density at radius 2 is 0.618 bits per heavy atom. The summed E-state index contributed by atoms with van der Waals surface area (Å²) < 4.78 is 87.9. The van der Waals surface area contributed by atoms with Crippen molar-refractivity contribution in [3.8, 4) is 0 Å². The Morgan fingerprint density at radius 3 is 0.904 bits per heavy atom. The van der Waals surface area contributed by atoms with Crippen LogP contribution in [0.1, 0.15) is 138 Å². The number of hydrogen-bond acceptors (Lipinski definition) is 40. The van der Waals surface area contributed by atoms with E-state index in [1.807, 2.05) is 0 Å². The van der Waals surface area contributed by atoms with Crippen molar-refractivity contribution < 1.29 is 194 Å². The van der Waals surface area contributed by atoms with Crippen LogP contribution in [-0.2, 0) is 118 Å². The van der Waals surface area contributed by atoms with E-state index in [0.717, 1.165) is 101 Å². The molecule has 22 N–H and O–H groups in total. The number of amides is 12. The number of hydrogen-bond donors (Lipinski definition) is 22. The lowest BCUT2D eigenvalue weighted by atomic mass is 9.97. The van der Waals surface area contributed by atoms with Crippen molar-refractivity contribution in [3.63, 3.8) is 0 Å². The molecule has 53 heteroatoms. The van der Waals surface area contributed by atoms with Gasteiger partial charge in [0.1, 0.15) is 124 Å². The highest BCUT2D eigenvalue weighted by Gasteiger charge is 2.49. The molecule has 1 aromatic carbocycles. The van der Waals surface area contributed by atoms with Gasteiger partial charge in [-0.15, -0.1) is 0 Å². The monoisotopic (exact) mass is 1980 g/mol. The number of carbonyl (C=O) groups is 12. The van der Waals surface area contributed by atoms with E-state index >= 15 is 9.59 Å². The molecule has 0 saturated carbocycles. The number of phosphoric ester groups is 1. The molecule has 1 aromatic rings. The molecule has 0 aromatic heterocycles. The van der Waals surface area contributed by atoms with Crippen LogP contribution in [0.3, 0.4) is 0 Å². The van der Waals surface area contributed by atoms with Gasteiger partial charge in [-0.05, 0) is 43.9 Å². The number of benzene rings is 1. The van der Waals surface area contributed by atoms with Crippen LogP contribution in [-0.4, -0.2) is 443 Å². The third-order valence-electron chi connectivity index (χ3n) is 21.4. The van der Waals surface area contributed by atoms with Crippen molar-refractivity contribution in [2.75, 3.05) is 184 Å². The maximum Gasteiger partial charge on any atom is 0.267 e. The lowest BCUT2D eigenvalue weighted by Gasteiger charge is -2.42. The first-order valence-corrected chi connectivity index (χ1v) is 46.7. The predicted molar refractivity (Wildman–Crippen MR) is 466 cm³/mol. The first-order valence-electron chi connectivity index (χ1n) is 45.2. The van der Waals surface area contributed by atoms with Crippen LogP contribution in [0.4, 0.5) is 5.69 Å². The summed E-state index contributed by atoms with van der Waals surface area (Å²) >= 11 is 0. The zero-order valence-electron chi connectivity index (χ0n) is 77.2. The van der Waals surface area contributed by atoms with Crippen molar-refractivity contribution in [2.45, 2.75) is 240 Å². The van der Waals surface area contributed by atoms with Crippen LogP contribution in [0.15, 0.2) is 18.2 Å². The summed E-state index contributed by atoms with van der Waals surface area (Å²) in [5, 5.41) is 149. The third kappa shape index (κ3) is 43.8. The van der Waals surface area contributed by atoms with E-state index in [1.54, 1.807) is 0 Å². The predicted octanol–water partition coefficient (Wildman–Crippen LogP) is -9.41. The van der Waals surface area contributed by atoms with Gasteiger partial charge in [0.25, 0.3) is 19.6 Å². The average molecular weight is 1980 g/mol. The molecule has 778 valence electrons. The molecule has 4 saturated heterocycles. The van der Waals surface area contributed by atoms with Crippen LogP contribution in [0, 0.1) is 0 Å². The molecule has 5 rings (SSSR count). The van der Waals surface area contributed by atoms with E-state index in [9.17, 15) is 119 Å². The van der Waals surface area contributed by atoms with Gasteiger partial charge in [0.05, 0.1) is 112 Å². The second kappa shape index (κ2) is 65.1. The molecule has 0 radical (unpaired) electrons. The minimum Gasteiger partial charge on any atom is -0.756 e. The number of aliphatic hydroxyl groups excluding tert-OH is 12. The van der Waals surface area contributed by atoms with Crippen LogP contribution in [0.5, 0.6) is 0 Å². The van der Waals surface area contributed by atoms with Gasteiger partial charge >= 0.3 is 0 Å². The summed E-state index contributed by atoms with van der Waals surface area (Å²) in [5.41, 5.74) is -1.09. The lowest BCUT2D eigenvalue weighted by Crippen LogP contribution is -2.64. The molecule has 0 aliphatic carbocycles. The Morgan fingerprint density at radius 1 is 0.346 bits per heavy atom. The molecule has 21 atom stereocenters. The largest absolute Gasteiger partial charge is 0.756 e. The summed E-state index contributed by atoms with van der Waals surface area (Å²) in [6.45, 7) is -4.97. The van der Waals surface area contributed by atoms with E-state index in [1.165, 1.54) is 0 Å². The summed E-state index contributed by atoms with van der Waals surface area (Å²) in [6.07, 6.45) is -14.8. The molecular weight excluding hydrogens is 1840 g/mol. The molecule has 12 amide bonds. The van der Waals surface area contributed by atoms with Gasteiger partial charge < -0.3 is 195 Å². The summed E-state index contributed by atoms with van der Waals surface area (Å²) in [7, 11) is -3.26. The maximum atomic E-state index is 15.3. The fourth-order valence-electron chi connectivity index (χ4n) is 14.4. The summed E-state index contributed by atoms with van der Waals surface area (Å²) in [5.74, 6) is -8.87. The molecule has 136 heavy (non-hydrogen) atoms. The minimum atomic E-state index is -4.28. The van der Waals surface area contributed by atoms with E-state index in [4.69, 9.17) is 61.4 Å². The Hall–Kier alpha value is -7.99. The normalized spacial score (nSPS) is 25.3. The highest BCUT2D eigenvalue weighted by molar-refractivity contribution is 7.45. The van der Waals surface area contributed by atoms with Gasteiger partial charge in [-0.1, -0.05) is 51.4 Å². The van der Waals surface area contributed by atoms with Gasteiger partial charge in [-0.2, -0.15) is 0 Å². The fourth-order valence-corrected chi connectivity index (χ4v) is 14.9. The Bertz CT molecular complexity index is 3500. The second-order valence-corrected chi connectivity index (χ2v) is 33.8. The van der Waals surface area contributed by atoms with Crippen LogP contribution >= 0.6 is 7.82 Å². The first-order chi connectivity index (χ1) is 65.0. The van der Waals surface area contributed by atoms with Crippen LogP contribution in [0.25, 0.3) is 0 Å². The standard InChI is InChI=1S/C83H141N12O40P/c1-49(100)89-66-74(114)70(110)56(45-96)132-80(66)127-34-30-123-26-21-85-62(106)41-94(42-63(107)86-22-27-124-31-35-128-81-67(90-50(2)101)75(115)71(111)57(46-97)133-81)78(118)53-38-54(40-55(39-53)93-61(105)19-15-11-9-7-6-8-10-14-18-60(104)84-20-16-12-13-17-25-131-136(120,121)122-5)79(119)95(43-64(108)87-23-28-125-32-36-129-82-68(91-51(3)102)76(116)72(112)58(47-98)134-82)44-65(109)88-24-29-126-33-37-130-83-69(92-52(4)103)77(117)73(113)59(48-99)135-83/h38-40,56-59,66-77,80-83,96-99,110-117H,6-37,41-48H2,1-5H3,(H,84,104)(H,85,106)(H,86,107)(H,87,108)(H,88,109)(H,89,100)(H,90,101)(H,91,102)(H,92,103)(H,93,105)(H,120,121)/p-1. The third-order valence-corrected chi connectivity index (χ3v) is 22.3. The van der Waals surface area contributed by atoms with Gasteiger partial charge in [-0.25, -0.2) is 0 Å². The topological polar surface area (TPSA) is 744 Å². The quantitative estimate of drug-likeness (QED) is 0.0213. The van der Waals surface area contributed by atoms with Crippen LogP contribution < -0.4 is 58.1 Å². The molecule has 4 fully saturated rings. The molecule has 0 bridgehead atoms. The van der Waals surface area contributed by atoms with Gasteiger partial charge in [0, 0.05) is 97.2 Å². The number of carbonyl (C=O) groups excluding carboxylic acids is 12. The SMILES string of the molecule is COP(=O)([O-])OCCCCCCNC(=O)CCCCCCCCCCC(=O)Nc1cc(C(=O)N(CC(=O)NCCOCCOC2OC(CO)C(O)C(O)C2NC(C)=O)CC(=O)NCCOCCOC2OC(CO)C(O)C(O)C2NC(C)=O)cc(C(=O)N(CC(=O)NCCOCCOC2OC(CO)C(O)C(O)C2NC(C)=O)CC(=O)NCCOCCOC2OC(CO)C(O)C(O)C2NC(C)=O)c1. The van der Waals surface area contributed by atoms with E-state index in [0.29, 0.717) is 51.5 Å². The van der Waals surface area contributed by atoms with Crippen molar-refractivity contribution >= 4 is 84.4 Å². The molecular formula is C83H140N12O40P-. The smallest absolute Gasteiger partial charge is 0.267 e. The number of rotatable bonds is 67. The number of aliphatic hydroxyl groups is 12. The summed E-state index contributed by atoms with van der Waals surface area (Å²) in [6, 6.07) is -1.73. The van der Waals surface area contributed by atoms with E-state index in [2.05, 4.69) is 57.7 Å². The molecule has 4 heterocycles. The maximum absolute atomic E-state index is 15.3. The molecule has 52 nitrogen and oxygen atoms in total. The second-order valence-electron chi connectivity index (χ2n) is 32.3. The van der Waals surface area contributed by atoms with Crippen molar-refractivity contribution in [1.82, 2.24) is 57.7 Å². The minimum absolute atomic E-state index is 0.00502. The number of unbranched alkanes of at least 4 members (excludes halogenated alkanes) is 10. The van der Waals surface area contributed by atoms with Crippen molar-refractivity contribution in [2.24, 2.45) is 0 Å². The zero-order valence-corrected chi connectivity index (χ0v) is 78.1. The van der Waals surface area contributed by atoms with Crippen molar-refractivity contribution in [3.05, 3.63) is 29.3 Å². The Balaban J connectivity index is 1.38. The summed E-state index contributed by atoms with van der Waals surface area (Å²) in [4.78, 5) is 174. The number of phosphoric acid groups is 1. The molecule has 0 spiro atoms. The highest BCUT2D eigenvalue weighted by Crippen LogP contribution is 2.37. The Kier molecular flexibility index (Phi) is 56.7. The van der Waals surface area contributed by atoms with Crippen molar-refractivity contribution in [1.29, 1.82) is 0 Å². The lowest BCUT2D eigenvalue weighted by molar-refractivity contribution is -0.272. The van der Waals surface area contributed by atoms with E-state index in [-0.39, 0.29) is 130 Å². The number of nitrogens with zero attached hydrogens (tertiary/aromatic N) is 2. The molecule has 4 aliphatic rings. The van der Waals surface area contributed by atoms with Gasteiger partial charge in [0.15, 0.2) is 25.2 Å². The van der Waals surface area contributed by atoms with Crippen LogP contribution in [0.2, 0.25) is 0 Å². The van der Waals surface area contributed by atoms with Gasteiger partial charge in [0.2, 0.25) is 59.1 Å². The van der Waals surface area contributed by atoms with E-state index < -0.39 is 259 Å². The molecule has 21 unspecified atom stereocenters. The fraction of sp³-hybridized carbons (Fsp3) is 0.783.